The van der Waals surface area contributed by atoms with Gasteiger partial charge in [-0.15, -0.1) is 0 Å². The first kappa shape index (κ1) is 17.4. The molecule has 2 N–H and O–H groups in total. The number of phenolic OH excluding ortho intramolecular Hbond substituents is 1. The third kappa shape index (κ3) is 3.01. The fourth-order valence-electron chi connectivity index (χ4n) is 2.08. The molecule has 116 valence electrons. The number of hydrogen-bond acceptors (Lipinski definition) is 2. The minimum Gasteiger partial charge on any atom is -0.502 e. The summed E-state index contributed by atoms with van der Waals surface area (Å²) in [7, 11) is 0. The fraction of sp³-hybridized carbons (Fsp3) is 0.222. The van der Waals surface area contributed by atoms with Crippen molar-refractivity contribution < 1.29 is 19.6 Å². The monoisotopic (exact) mass is 300 g/mol. The highest BCUT2D eigenvalue weighted by Crippen LogP contribution is 2.30. The van der Waals surface area contributed by atoms with E-state index in [9.17, 15) is 15.0 Å². The first-order chi connectivity index (χ1) is 10.7. The lowest BCUT2D eigenvalue weighted by Crippen LogP contribution is -2.15. The molecule has 0 saturated carbocycles. The Balaban J connectivity index is 0.000000561. The molecule has 0 saturated heterocycles. The van der Waals surface area contributed by atoms with Crippen LogP contribution in [0.3, 0.4) is 0 Å². The van der Waals surface area contributed by atoms with Gasteiger partial charge in [-0.05, 0) is 18.2 Å². The number of aliphatic hydroxyl groups excluding tert-OH is 1. The predicted molar refractivity (Wildman–Crippen MR) is 88.2 cm³/mol. The number of phenols is 1. The van der Waals surface area contributed by atoms with E-state index in [1.54, 1.807) is 42.5 Å². The van der Waals surface area contributed by atoms with Crippen molar-refractivity contribution >= 4 is 17.5 Å². The van der Waals surface area contributed by atoms with E-state index >= 15 is 0 Å². The molecule has 0 spiro atoms. The average molecular weight is 300 g/mol. The largest absolute Gasteiger partial charge is 0.502 e. The molecule has 22 heavy (non-hydrogen) atoms. The van der Waals surface area contributed by atoms with Gasteiger partial charge in [0.1, 0.15) is 11.1 Å². The molecule has 1 aliphatic heterocycles. The van der Waals surface area contributed by atoms with Gasteiger partial charge in [-0.2, -0.15) is 0 Å². The standard InChI is InChI=1S/C14H9NO3.2C2H6/c16-12-8-4-3-7-11(12)15-13(17)9-5-1-2-6-10(9)14(15)18;2*1-2/h1-8,16H;2*1-2H3/p+1. The highest BCUT2D eigenvalue weighted by Gasteiger charge is 2.40. The van der Waals surface area contributed by atoms with E-state index in [0.717, 1.165) is 4.58 Å². The first-order valence-corrected chi connectivity index (χ1v) is 7.48. The van der Waals surface area contributed by atoms with E-state index < -0.39 is 0 Å². The Labute approximate surface area is 131 Å². The molecule has 0 atom stereocenters. The van der Waals surface area contributed by atoms with Gasteiger partial charge in [-0.3, -0.25) is 0 Å². The number of fused-ring (bicyclic) bond motifs is 1. The van der Waals surface area contributed by atoms with Crippen LogP contribution in [-0.2, 0) is 0 Å². The van der Waals surface area contributed by atoms with Gasteiger partial charge >= 0.3 is 11.8 Å². The normalized spacial score (nSPS) is 11.9. The van der Waals surface area contributed by atoms with Crippen molar-refractivity contribution in [3.05, 3.63) is 59.7 Å². The first-order valence-electron chi connectivity index (χ1n) is 7.48. The second-order valence-corrected chi connectivity index (χ2v) is 4.00. The van der Waals surface area contributed by atoms with Crippen LogP contribution < -0.4 is 0 Å². The fourth-order valence-corrected chi connectivity index (χ4v) is 2.08. The molecule has 0 bridgehead atoms. The van der Waals surface area contributed by atoms with Gasteiger partial charge in [0.15, 0.2) is 5.75 Å². The smallest absolute Gasteiger partial charge is 0.429 e. The molecule has 1 aliphatic rings. The quantitative estimate of drug-likeness (QED) is 0.774. The zero-order valence-corrected chi connectivity index (χ0v) is 13.4. The summed E-state index contributed by atoms with van der Waals surface area (Å²) < 4.78 is 1.11. The molecular formula is C18H22NO3+. The van der Waals surface area contributed by atoms with Crippen molar-refractivity contribution in [1.29, 1.82) is 0 Å². The zero-order chi connectivity index (χ0) is 16.7. The van der Waals surface area contributed by atoms with Gasteiger partial charge in [0, 0.05) is 6.07 Å². The summed E-state index contributed by atoms with van der Waals surface area (Å²) in [6.07, 6.45) is 0. The van der Waals surface area contributed by atoms with Crippen LogP contribution in [-0.4, -0.2) is 26.6 Å². The van der Waals surface area contributed by atoms with Gasteiger partial charge < -0.3 is 10.2 Å². The lowest BCUT2D eigenvalue weighted by atomic mass is 10.1. The van der Waals surface area contributed by atoms with Crippen LogP contribution in [0.1, 0.15) is 43.6 Å². The maximum atomic E-state index is 12.2. The van der Waals surface area contributed by atoms with E-state index in [0.29, 0.717) is 11.1 Å². The molecule has 3 rings (SSSR count). The summed E-state index contributed by atoms with van der Waals surface area (Å²) in [4.78, 5) is 12.2. The molecule has 1 amide bonds. The molecule has 0 radical (unpaired) electrons. The third-order valence-corrected chi connectivity index (χ3v) is 2.94. The zero-order valence-electron chi connectivity index (χ0n) is 13.4. The summed E-state index contributed by atoms with van der Waals surface area (Å²) in [5, 5.41) is 19.9. The van der Waals surface area contributed by atoms with E-state index in [1.807, 2.05) is 27.7 Å². The Bertz CT molecular complexity index is 690. The number of carbonyl (C=O) groups excluding carboxylic acids is 1. The van der Waals surface area contributed by atoms with Crippen LogP contribution in [0.4, 0.5) is 5.69 Å². The predicted octanol–water partition coefficient (Wildman–Crippen LogP) is 4.25. The van der Waals surface area contributed by atoms with E-state index in [2.05, 4.69) is 0 Å². The molecule has 2 aromatic carbocycles. The van der Waals surface area contributed by atoms with Gasteiger partial charge in [-0.25, -0.2) is 4.79 Å². The van der Waals surface area contributed by atoms with Gasteiger partial charge in [0.2, 0.25) is 0 Å². The second-order valence-electron chi connectivity index (χ2n) is 4.00. The Hall–Kier alpha value is -2.62. The van der Waals surface area contributed by atoms with Crippen LogP contribution in [0.2, 0.25) is 0 Å². The van der Waals surface area contributed by atoms with Gasteiger partial charge in [-0.1, -0.05) is 56.5 Å². The number of nitrogens with zero attached hydrogens (tertiary/aromatic N) is 1. The Morgan fingerprint density at radius 2 is 1.27 bits per heavy atom. The highest BCUT2D eigenvalue weighted by atomic mass is 16.3. The number of hydrogen-bond donors (Lipinski definition) is 2. The lowest BCUT2D eigenvalue weighted by molar-refractivity contribution is -0.342. The van der Waals surface area contributed by atoms with Crippen molar-refractivity contribution in [1.82, 2.24) is 0 Å². The van der Waals surface area contributed by atoms with Crippen LogP contribution in [0.25, 0.3) is 0 Å². The number of amides is 1. The number of rotatable bonds is 1. The van der Waals surface area contributed by atoms with Gasteiger partial charge in [0.05, 0.1) is 0 Å². The maximum Gasteiger partial charge on any atom is 0.429 e. The van der Waals surface area contributed by atoms with Gasteiger partial charge in [0.25, 0.3) is 5.69 Å². The Morgan fingerprint density at radius 3 is 1.82 bits per heavy atom. The second kappa shape index (κ2) is 7.98. The summed E-state index contributed by atoms with van der Waals surface area (Å²) in [6, 6.07) is 13.2. The highest BCUT2D eigenvalue weighted by molar-refractivity contribution is 6.10. The van der Waals surface area contributed by atoms with Crippen LogP contribution in [0, 0.1) is 0 Å². The van der Waals surface area contributed by atoms with E-state index in [4.69, 9.17) is 0 Å². The molecule has 1 heterocycles. The lowest BCUT2D eigenvalue weighted by Gasteiger charge is -1.97. The van der Waals surface area contributed by atoms with Crippen LogP contribution in [0.5, 0.6) is 5.75 Å². The SMILES string of the molecule is CC.CC.O=C1c2ccccc2C(O)=[N+]1c1ccccc1O. The molecule has 0 aromatic heterocycles. The van der Waals surface area contributed by atoms with E-state index in [-0.39, 0.29) is 23.2 Å². The number of aromatic hydroxyl groups is 1. The molecule has 2 aromatic rings. The maximum absolute atomic E-state index is 12.2. The molecule has 4 heteroatoms. The Morgan fingerprint density at radius 1 is 0.773 bits per heavy atom. The number of aliphatic hydroxyl groups is 1. The topological polar surface area (TPSA) is 60.5 Å². The van der Waals surface area contributed by atoms with Crippen molar-refractivity contribution in [2.45, 2.75) is 27.7 Å². The minimum absolute atomic E-state index is 0.0507. The Kier molecular flexibility index (Phi) is 6.32. The summed E-state index contributed by atoms with van der Waals surface area (Å²) in [5.74, 6) is -0.549. The van der Waals surface area contributed by atoms with Crippen LogP contribution in [0.15, 0.2) is 48.5 Å². The number of para-hydroxylation sites is 2. The molecule has 0 unspecified atom stereocenters. The molecule has 4 nitrogen and oxygen atoms in total. The molecular weight excluding hydrogens is 278 g/mol. The third-order valence-electron chi connectivity index (χ3n) is 2.94. The van der Waals surface area contributed by atoms with Crippen molar-refractivity contribution in [3.8, 4) is 5.75 Å². The van der Waals surface area contributed by atoms with Crippen LogP contribution >= 0.6 is 0 Å². The number of carbonyl (C=O) groups is 1. The minimum atomic E-state index is -0.343. The van der Waals surface area contributed by atoms with Crippen molar-refractivity contribution in [3.63, 3.8) is 0 Å². The molecule has 0 aliphatic carbocycles. The van der Waals surface area contributed by atoms with Crippen molar-refractivity contribution in [2.75, 3.05) is 0 Å². The van der Waals surface area contributed by atoms with Crippen molar-refractivity contribution in [2.24, 2.45) is 0 Å². The number of benzene rings is 2. The summed E-state index contributed by atoms with van der Waals surface area (Å²) in [6.45, 7) is 8.00. The molecule has 0 fully saturated rings. The summed E-state index contributed by atoms with van der Waals surface area (Å²) in [5.41, 5.74) is 1.18. The average Bonchev–Trinajstić information content (AvgIpc) is 2.84. The summed E-state index contributed by atoms with van der Waals surface area (Å²) >= 11 is 0. The van der Waals surface area contributed by atoms with E-state index in [1.165, 1.54) is 6.07 Å².